The number of nitrogens with zero attached hydrogens (tertiary/aromatic N) is 2. The predicted molar refractivity (Wildman–Crippen MR) is 76.1 cm³/mol. The molecule has 1 fully saturated rings. The Morgan fingerprint density at radius 1 is 1.50 bits per heavy atom. The summed E-state index contributed by atoms with van der Waals surface area (Å²) in [5.74, 6) is 0.911. The molecular weight excluding hydrogens is 228 g/mol. The Morgan fingerprint density at radius 3 is 2.89 bits per heavy atom. The number of rotatable bonds is 5. The lowest BCUT2D eigenvalue weighted by Crippen LogP contribution is -2.45. The monoisotopic (exact) mass is 256 g/mol. The first-order chi connectivity index (χ1) is 8.63. The lowest BCUT2D eigenvalue weighted by Gasteiger charge is -2.32. The molecule has 106 valence electrons. The number of nitrogens with one attached hydrogen (secondary N) is 2. The summed E-state index contributed by atoms with van der Waals surface area (Å²) >= 11 is 0. The zero-order valence-corrected chi connectivity index (χ0v) is 12.2. The average molecular weight is 256 g/mol. The van der Waals surface area contributed by atoms with Crippen LogP contribution in [0, 0.1) is 0 Å². The van der Waals surface area contributed by atoms with Crippen LogP contribution < -0.4 is 10.6 Å². The SMILES string of the molecule is CCNC(=NCCN1CCOCC1C)NC(C)C. The average Bonchev–Trinajstić information content (AvgIpc) is 2.31. The Labute approximate surface area is 111 Å². The van der Waals surface area contributed by atoms with Crippen molar-refractivity contribution in [2.24, 2.45) is 4.99 Å². The van der Waals surface area contributed by atoms with Crippen LogP contribution in [0.15, 0.2) is 4.99 Å². The fourth-order valence-electron chi connectivity index (χ4n) is 1.98. The molecule has 18 heavy (non-hydrogen) atoms. The molecular formula is C13H28N4O. The van der Waals surface area contributed by atoms with Crippen molar-refractivity contribution in [3.05, 3.63) is 0 Å². The quantitative estimate of drug-likeness (QED) is 0.561. The molecule has 0 saturated carbocycles. The van der Waals surface area contributed by atoms with E-state index < -0.39 is 0 Å². The van der Waals surface area contributed by atoms with Gasteiger partial charge in [0.15, 0.2) is 5.96 Å². The third-order valence-corrected chi connectivity index (χ3v) is 2.93. The number of guanidine groups is 1. The number of hydrogen-bond acceptors (Lipinski definition) is 3. The van der Waals surface area contributed by atoms with E-state index in [9.17, 15) is 0 Å². The van der Waals surface area contributed by atoms with Crippen molar-refractivity contribution in [3.8, 4) is 0 Å². The maximum absolute atomic E-state index is 5.43. The number of aliphatic imine (C=N–C) groups is 1. The predicted octanol–water partition coefficient (Wildman–Crippen LogP) is 0.671. The normalized spacial score (nSPS) is 22.3. The smallest absolute Gasteiger partial charge is 0.191 e. The van der Waals surface area contributed by atoms with Crippen LogP contribution in [0.3, 0.4) is 0 Å². The van der Waals surface area contributed by atoms with Crippen molar-refractivity contribution in [3.63, 3.8) is 0 Å². The Hall–Kier alpha value is -0.810. The fraction of sp³-hybridized carbons (Fsp3) is 0.923. The Morgan fingerprint density at radius 2 is 2.28 bits per heavy atom. The van der Waals surface area contributed by atoms with Gasteiger partial charge >= 0.3 is 0 Å². The molecule has 0 bridgehead atoms. The Bertz CT molecular complexity index is 255. The van der Waals surface area contributed by atoms with Gasteiger partial charge in [-0.3, -0.25) is 9.89 Å². The molecule has 0 spiro atoms. The van der Waals surface area contributed by atoms with Gasteiger partial charge < -0.3 is 15.4 Å². The fourth-order valence-corrected chi connectivity index (χ4v) is 1.98. The lowest BCUT2D eigenvalue weighted by atomic mass is 10.2. The van der Waals surface area contributed by atoms with Gasteiger partial charge in [0.1, 0.15) is 0 Å². The van der Waals surface area contributed by atoms with Crippen LogP contribution in [0.2, 0.25) is 0 Å². The first-order valence-corrected chi connectivity index (χ1v) is 7.00. The summed E-state index contributed by atoms with van der Waals surface area (Å²) in [6.45, 7) is 14.0. The van der Waals surface area contributed by atoms with Gasteiger partial charge in [-0.25, -0.2) is 0 Å². The van der Waals surface area contributed by atoms with Crippen molar-refractivity contribution in [2.75, 3.05) is 39.4 Å². The summed E-state index contributed by atoms with van der Waals surface area (Å²) < 4.78 is 5.43. The third-order valence-electron chi connectivity index (χ3n) is 2.93. The second kappa shape index (κ2) is 8.32. The summed E-state index contributed by atoms with van der Waals surface area (Å²) in [5.41, 5.74) is 0. The van der Waals surface area contributed by atoms with Crippen molar-refractivity contribution in [2.45, 2.75) is 39.8 Å². The van der Waals surface area contributed by atoms with E-state index in [4.69, 9.17) is 4.74 Å². The Balaban J connectivity index is 2.34. The van der Waals surface area contributed by atoms with E-state index in [1.165, 1.54) is 0 Å². The van der Waals surface area contributed by atoms with Gasteiger partial charge in [-0.2, -0.15) is 0 Å². The van der Waals surface area contributed by atoms with E-state index >= 15 is 0 Å². The molecule has 5 nitrogen and oxygen atoms in total. The van der Waals surface area contributed by atoms with E-state index in [2.05, 4.69) is 48.2 Å². The molecule has 0 aromatic heterocycles. The highest BCUT2D eigenvalue weighted by Crippen LogP contribution is 2.04. The molecule has 0 radical (unpaired) electrons. The highest BCUT2D eigenvalue weighted by atomic mass is 16.5. The van der Waals surface area contributed by atoms with Crippen LogP contribution >= 0.6 is 0 Å². The molecule has 1 atom stereocenters. The van der Waals surface area contributed by atoms with Crippen molar-refractivity contribution >= 4 is 5.96 Å². The van der Waals surface area contributed by atoms with Gasteiger partial charge in [0.2, 0.25) is 0 Å². The van der Waals surface area contributed by atoms with Crippen LogP contribution in [0.25, 0.3) is 0 Å². The molecule has 0 aliphatic carbocycles. The van der Waals surface area contributed by atoms with Crippen LogP contribution in [-0.2, 0) is 4.74 Å². The standard InChI is InChI=1S/C13H28N4O/c1-5-14-13(16-11(2)3)15-6-7-17-8-9-18-10-12(17)4/h11-12H,5-10H2,1-4H3,(H2,14,15,16). The van der Waals surface area contributed by atoms with E-state index in [-0.39, 0.29) is 0 Å². The first-order valence-electron chi connectivity index (χ1n) is 7.00. The van der Waals surface area contributed by atoms with Crippen molar-refractivity contribution < 1.29 is 4.74 Å². The van der Waals surface area contributed by atoms with Gasteiger partial charge in [-0.15, -0.1) is 0 Å². The lowest BCUT2D eigenvalue weighted by molar-refractivity contribution is 0.00141. The highest BCUT2D eigenvalue weighted by Gasteiger charge is 2.17. The van der Waals surface area contributed by atoms with Gasteiger partial charge in [0.25, 0.3) is 0 Å². The second-order valence-corrected chi connectivity index (χ2v) is 5.02. The summed E-state index contributed by atoms with van der Waals surface area (Å²) in [6.07, 6.45) is 0. The number of morpholine rings is 1. The second-order valence-electron chi connectivity index (χ2n) is 5.02. The Kier molecular flexibility index (Phi) is 7.05. The largest absolute Gasteiger partial charge is 0.379 e. The molecule has 1 aliphatic heterocycles. The molecule has 1 unspecified atom stereocenters. The maximum atomic E-state index is 5.43. The summed E-state index contributed by atoms with van der Waals surface area (Å²) in [4.78, 5) is 7.03. The van der Waals surface area contributed by atoms with Crippen molar-refractivity contribution in [1.82, 2.24) is 15.5 Å². The summed E-state index contributed by atoms with van der Waals surface area (Å²) in [7, 11) is 0. The zero-order chi connectivity index (χ0) is 13.4. The molecule has 0 aromatic carbocycles. The first kappa shape index (κ1) is 15.2. The molecule has 1 saturated heterocycles. The van der Waals surface area contributed by atoms with E-state index in [1.807, 2.05) is 0 Å². The molecule has 1 aliphatic rings. The third kappa shape index (κ3) is 5.69. The molecule has 2 N–H and O–H groups in total. The van der Waals surface area contributed by atoms with E-state index in [1.54, 1.807) is 0 Å². The molecule has 0 aromatic rings. The van der Waals surface area contributed by atoms with Crippen LogP contribution in [-0.4, -0.2) is 62.3 Å². The molecule has 1 rings (SSSR count). The van der Waals surface area contributed by atoms with E-state index in [0.29, 0.717) is 12.1 Å². The number of hydrogen-bond donors (Lipinski definition) is 2. The summed E-state index contributed by atoms with van der Waals surface area (Å²) in [5, 5.41) is 6.58. The van der Waals surface area contributed by atoms with Gasteiger partial charge in [0, 0.05) is 31.7 Å². The van der Waals surface area contributed by atoms with Gasteiger partial charge in [0.05, 0.1) is 19.8 Å². The molecule has 1 heterocycles. The number of ether oxygens (including phenoxy) is 1. The van der Waals surface area contributed by atoms with E-state index in [0.717, 1.165) is 45.4 Å². The minimum absolute atomic E-state index is 0.408. The van der Waals surface area contributed by atoms with Crippen LogP contribution in [0.4, 0.5) is 0 Å². The topological polar surface area (TPSA) is 48.9 Å². The zero-order valence-electron chi connectivity index (χ0n) is 12.2. The minimum Gasteiger partial charge on any atom is -0.379 e. The maximum Gasteiger partial charge on any atom is 0.191 e. The van der Waals surface area contributed by atoms with Crippen LogP contribution in [0.1, 0.15) is 27.7 Å². The van der Waals surface area contributed by atoms with Crippen molar-refractivity contribution in [1.29, 1.82) is 0 Å². The van der Waals surface area contributed by atoms with Gasteiger partial charge in [-0.05, 0) is 27.7 Å². The minimum atomic E-state index is 0.408. The van der Waals surface area contributed by atoms with Gasteiger partial charge in [-0.1, -0.05) is 0 Å². The molecule has 0 amide bonds. The molecule has 5 heteroatoms. The highest BCUT2D eigenvalue weighted by molar-refractivity contribution is 5.79. The van der Waals surface area contributed by atoms with Crippen LogP contribution in [0.5, 0.6) is 0 Å². The summed E-state index contributed by atoms with van der Waals surface area (Å²) in [6, 6.07) is 0.916.